The quantitative estimate of drug-likeness (QED) is 0.323. The molecule has 1 unspecified atom stereocenters. The van der Waals surface area contributed by atoms with E-state index in [4.69, 9.17) is 18.6 Å². The number of aliphatic hydroxyl groups is 3. The monoisotopic (exact) mass is 462 g/mol. The van der Waals surface area contributed by atoms with Crippen LogP contribution in [0.2, 0.25) is 0 Å². The molecule has 4 rings (SSSR count). The minimum atomic E-state index is -1.74. The fourth-order valence-corrected chi connectivity index (χ4v) is 3.65. The Bertz CT molecular complexity index is 1230. The molecular weight excluding hydrogens is 440 g/mol. The average molecular weight is 462 g/mol. The summed E-state index contributed by atoms with van der Waals surface area (Å²) in [5, 5.41) is 60.7. The molecule has 176 valence electrons. The molecule has 11 heteroatoms. The first-order valence-electron chi connectivity index (χ1n) is 9.88. The van der Waals surface area contributed by atoms with Gasteiger partial charge in [0.2, 0.25) is 29.0 Å². The summed E-state index contributed by atoms with van der Waals surface area (Å²) in [6.07, 6.45) is -6.20. The molecule has 0 spiro atoms. The maximum Gasteiger partial charge on any atom is 0.229 e. The first-order valence-corrected chi connectivity index (χ1v) is 9.88. The number of ether oxygens (including phenoxy) is 3. The highest BCUT2D eigenvalue weighted by molar-refractivity contribution is 5.96. The summed E-state index contributed by atoms with van der Waals surface area (Å²) in [6.45, 7) is 1.43. The van der Waals surface area contributed by atoms with E-state index in [-0.39, 0.29) is 28.0 Å². The van der Waals surface area contributed by atoms with Crippen LogP contribution in [0.3, 0.4) is 0 Å². The molecule has 1 fully saturated rings. The predicted molar refractivity (Wildman–Crippen MR) is 112 cm³/mol. The van der Waals surface area contributed by atoms with Crippen molar-refractivity contribution in [1.29, 1.82) is 0 Å². The van der Waals surface area contributed by atoms with Gasteiger partial charge >= 0.3 is 0 Å². The zero-order valence-corrected chi connectivity index (χ0v) is 17.5. The number of aliphatic hydroxyl groups excluding tert-OH is 3. The molecule has 6 N–H and O–H groups in total. The molecule has 0 bridgehead atoms. The highest BCUT2D eigenvalue weighted by atomic mass is 16.7. The van der Waals surface area contributed by atoms with Gasteiger partial charge in [0.25, 0.3) is 0 Å². The molecule has 2 heterocycles. The van der Waals surface area contributed by atoms with Crippen LogP contribution in [0.4, 0.5) is 0 Å². The Balaban J connectivity index is 1.88. The van der Waals surface area contributed by atoms with E-state index in [0.717, 1.165) is 6.26 Å². The van der Waals surface area contributed by atoms with Crippen LogP contribution >= 0.6 is 0 Å². The number of methoxy groups -OCH3 is 1. The number of rotatable bonds is 4. The van der Waals surface area contributed by atoms with Gasteiger partial charge in [-0.15, -0.1) is 0 Å². The number of hydrogen-bond donors (Lipinski definition) is 6. The lowest BCUT2D eigenvalue weighted by atomic mass is 10.00. The second kappa shape index (κ2) is 8.45. The third kappa shape index (κ3) is 3.70. The van der Waals surface area contributed by atoms with E-state index in [0.29, 0.717) is 5.56 Å². The Morgan fingerprint density at radius 2 is 1.58 bits per heavy atom. The summed E-state index contributed by atoms with van der Waals surface area (Å²) < 4.78 is 21.4. The third-order valence-electron chi connectivity index (χ3n) is 5.51. The van der Waals surface area contributed by atoms with E-state index >= 15 is 0 Å². The molecule has 2 aromatic carbocycles. The van der Waals surface area contributed by atoms with E-state index in [1.165, 1.54) is 38.3 Å². The molecule has 0 aliphatic carbocycles. The van der Waals surface area contributed by atoms with Gasteiger partial charge in [-0.05, 0) is 24.6 Å². The first-order chi connectivity index (χ1) is 15.6. The van der Waals surface area contributed by atoms with Crippen molar-refractivity contribution in [2.24, 2.45) is 0 Å². The molecule has 1 aliphatic rings. The van der Waals surface area contributed by atoms with Crippen LogP contribution in [0.5, 0.6) is 28.7 Å². The Labute approximate surface area is 186 Å². The van der Waals surface area contributed by atoms with Crippen LogP contribution in [0.25, 0.3) is 22.1 Å². The summed E-state index contributed by atoms with van der Waals surface area (Å²) in [6, 6.07) is 5.68. The standard InChI is InChI=1S/C22H22O11/c1-8-13(24)16(27)17(28)22(32-8)33-20-15(26)12-14(25)11(9-3-5-10(23)6-4-9)7-31-19(12)21(30-2)18(20)29/h3-8,13,16-17,22-24,26-29H,1-2H3/t8-,13-,16+,17+,22?/m1/s1. The van der Waals surface area contributed by atoms with Gasteiger partial charge < -0.3 is 49.3 Å². The van der Waals surface area contributed by atoms with Crippen molar-refractivity contribution in [3.63, 3.8) is 0 Å². The second-order valence-corrected chi connectivity index (χ2v) is 7.59. The zero-order valence-electron chi connectivity index (χ0n) is 17.5. The summed E-state index contributed by atoms with van der Waals surface area (Å²) in [7, 11) is 1.19. The maximum atomic E-state index is 13.2. The van der Waals surface area contributed by atoms with Crippen LogP contribution in [-0.4, -0.2) is 68.5 Å². The summed E-state index contributed by atoms with van der Waals surface area (Å²) >= 11 is 0. The van der Waals surface area contributed by atoms with Crippen molar-refractivity contribution in [1.82, 2.24) is 0 Å². The number of hydrogen-bond acceptors (Lipinski definition) is 11. The molecule has 11 nitrogen and oxygen atoms in total. The van der Waals surface area contributed by atoms with Crippen molar-refractivity contribution in [2.45, 2.75) is 37.6 Å². The first kappa shape index (κ1) is 22.7. The number of aromatic hydroxyl groups is 3. The van der Waals surface area contributed by atoms with Crippen LogP contribution in [0.1, 0.15) is 6.92 Å². The van der Waals surface area contributed by atoms with Gasteiger partial charge in [0.1, 0.15) is 35.7 Å². The minimum Gasteiger partial charge on any atom is -0.508 e. The molecule has 5 atom stereocenters. The van der Waals surface area contributed by atoms with Crippen molar-refractivity contribution in [3.8, 4) is 39.9 Å². The Kier molecular flexibility index (Phi) is 5.80. The number of phenols is 3. The summed E-state index contributed by atoms with van der Waals surface area (Å²) in [5.41, 5.74) is -0.537. The molecular formula is C22H22O11. The van der Waals surface area contributed by atoms with Crippen LogP contribution in [0, 0.1) is 0 Å². The van der Waals surface area contributed by atoms with Gasteiger partial charge in [-0.25, -0.2) is 0 Å². The van der Waals surface area contributed by atoms with E-state index in [1.54, 1.807) is 0 Å². The van der Waals surface area contributed by atoms with Gasteiger partial charge in [-0.2, -0.15) is 0 Å². The van der Waals surface area contributed by atoms with Gasteiger partial charge in [0, 0.05) is 0 Å². The maximum absolute atomic E-state index is 13.2. The Hall–Kier alpha value is -3.51. The lowest BCUT2D eigenvalue weighted by Crippen LogP contribution is -2.58. The average Bonchev–Trinajstić information content (AvgIpc) is 2.79. The Morgan fingerprint density at radius 1 is 0.909 bits per heavy atom. The minimum absolute atomic E-state index is 0.0124. The fraction of sp³-hybridized carbons (Fsp3) is 0.318. The SMILES string of the molecule is COc1c(O)c(OC2O[C@H](C)[C@@H](O)[C@H](O)[C@@H]2O)c(O)c2c(=O)c(-c3ccc(O)cc3)coc12. The lowest BCUT2D eigenvalue weighted by Gasteiger charge is -2.39. The molecule has 0 saturated carbocycles. The molecule has 0 amide bonds. The van der Waals surface area contributed by atoms with Gasteiger partial charge in [0.15, 0.2) is 11.3 Å². The third-order valence-corrected chi connectivity index (χ3v) is 5.51. The second-order valence-electron chi connectivity index (χ2n) is 7.59. The van der Waals surface area contributed by atoms with E-state index in [1.807, 2.05) is 0 Å². The van der Waals surface area contributed by atoms with Crippen molar-refractivity contribution < 1.29 is 49.3 Å². The van der Waals surface area contributed by atoms with Crippen molar-refractivity contribution in [3.05, 3.63) is 40.8 Å². The van der Waals surface area contributed by atoms with E-state index < -0.39 is 53.4 Å². The molecule has 0 radical (unpaired) electrons. The fourth-order valence-electron chi connectivity index (χ4n) is 3.65. The zero-order chi connectivity index (χ0) is 24.0. The van der Waals surface area contributed by atoms with Crippen molar-refractivity contribution >= 4 is 11.0 Å². The predicted octanol–water partition coefficient (Wildman–Crippen LogP) is 0.792. The lowest BCUT2D eigenvalue weighted by molar-refractivity contribution is -0.268. The molecule has 33 heavy (non-hydrogen) atoms. The highest BCUT2D eigenvalue weighted by Gasteiger charge is 2.44. The van der Waals surface area contributed by atoms with E-state index in [2.05, 4.69) is 0 Å². The van der Waals surface area contributed by atoms with Crippen LogP contribution in [0.15, 0.2) is 39.7 Å². The molecule has 3 aromatic rings. The number of benzene rings is 2. The van der Waals surface area contributed by atoms with E-state index in [9.17, 15) is 35.4 Å². The summed E-state index contributed by atoms with van der Waals surface area (Å²) in [4.78, 5) is 13.2. The van der Waals surface area contributed by atoms with Gasteiger partial charge in [-0.3, -0.25) is 4.79 Å². The highest BCUT2D eigenvalue weighted by Crippen LogP contribution is 2.50. The normalized spacial score (nSPS) is 25.2. The molecule has 1 aromatic heterocycles. The molecule has 1 aliphatic heterocycles. The van der Waals surface area contributed by atoms with Crippen LogP contribution < -0.4 is 14.9 Å². The van der Waals surface area contributed by atoms with Crippen molar-refractivity contribution in [2.75, 3.05) is 7.11 Å². The largest absolute Gasteiger partial charge is 0.508 e. The number of fused-ring (bicyclic) bond motifs is 1. The number of phenolic OH excluding ortho intramolecular Hbond substituents is 3. The topological polar surface area (TPSA) is 179 Å². The summed E-state index contributed by atoms with van der Waals surface area (Å²) in [5.74, 6) is -2.56. The van der Waals surface area contributed by atoms with Gasteiger partial charge in [0.05, 0.1) is 18.8 Å². The molecule has 1 saturated heterocycles. The van der Waals surface area contributed by atoms with Crippen LogP contribution in [-0.2, 0) is 4.74 Å². The smallest absolute Gasteiger partial charge is 0.229 e. The van der Waals surface area contributed by atoms with Gasteiger partial charge in [-0.1, -0.05) is 12.1 Å². The Morgan fingerprint density at radius 3 is 2.21 bits per heavy atom.